The minimum absolute atomic E-state index is 0. The smallest absolute Gasteiger partial charge is 0.857 e. The van der Waals surface area contributed by atoms with E-state index in [0.717, 1.165) is 105 Å². The van der Waals surface area contributed by atoms with Crippen molar-refractivity contribution < 1.29 is 128 Å². The van der Waals surface area contributed by atoms with Gasteiger partial charge in [-0.2, -0.15) is 7.11 Å². The maximum Gasteiger partial charge on any atom is 1.00 e. The molecule has 5 aliphatic heterocycles. The molecule has 7 aromatic carbocycles. The van der Waals surface area contributed by atoms with Gasteiger partial charge in [0.1, 0.15) is 122 Å². The number of hydrogen-bond acceptors (Lipinski definition) is 26. The Morgan fingerprint density at radius 1 is 0.428 bits per heavy atom. The topological polar surface area (TPSA) is 322 Å². The zero-order chi connectivity index (χ0) is 101. The van der Waals surface area contributed by atoms with Crippen LogP contribution < -0.4 is 73.9 Å². The molecule has 5 saturated heterocycles. The van der Waals surface area contributed by atoms with Crippen LogP contribution in [0.15, 0.2) is 126 Å². The third-order valence-corrected chi connectivity index (χ3v) is 24.1. The van der Waals surface area contributed by atoms with Crippen molar-refractivity contribution in [3.05, 3.63) is 187 Å². The van der Waals surface area contributed by atoms with Gasteiger partial charge in [-0.3, -0.25) is 4.79 Å². The average Bonchev–Trinajstić information content (AvgIpc) is 0.802. The van der Waals surface area contributed by atoms with Crippen LogP contribution in [0.25, 0.3) is 65.9 Å². The molecule has 0 aliphatic carbocycles. The van der Waals surface area contributed by atoms with Crippen molar-refractivity contribution >= 4 is 193 Å². The normalized spacial score (nSPS) is 14.2. The number of piperidine rings is 1. The van der Waals surface area contributed by atoms with Crippen molar-refractivity contribution in [1.82, 2.24) is 54.6 Å². The number of fused-ring (bicyclic) bond motifs is 4. The summed E-state index contributed by atoms with van der Waals surface area (Å²) in [6.45, 7) is 30.0. The molecule has 3 amide bonds. The first kappa shape index (κ1) is 114. The molecular weight excluding hydrogens is 2050 g/mol. The molecule has 9 heterocycles. The van der Waals surface area contributed by atoms with Gasteiger partial charge in [0.2, 0.25) is 5.24 Å². The van der Waals surface area contributed by atoms with E-state index in [1.54, 1.807) is 40.0 Å². The molecule has 5 aliphatic rings. The number of allylic oxidation sites excluding steroid dienone is 1. The second-order valence-corrected chi connectivity index (χ2v) is 37.2. The second-order valence-electron chi connectivity index (χ2n) is 33.6. The summed E-state index contributed by atoms with van der Waals surface area (Å²) < 4.78 is 134. The summed E-state index contributed by atoms with van der Waals surface area (Å²) in [4.78, 5) is 94.5. The van der Waals surface area contributed by atoms with E-state index < -0.39 is 69.9 Å². The van der Waals surface area contributed by atoms with Crippen LogP contribution in [-0.2, 0) is 23.7 Å². The van der Waals surface area contributed by atoms with Crippen molar-refractivity contribution in [2.75, 3.05) is 153 Å². The fourth-order valence-electron chi connectivity index (χ4n) is 14.5. The largest absolute Gasteiger partial charge is 1.00 e. The van der Waals surface area contributed by atoms with Crippen LogP contribution in [-0.4, -0.2) is 245 Å². The zero-order valence-electron chi connectivity index (χ0n) is 78.3. The third kappa shape index (κ3) is 30.5. The Balaban J connectivity index is 0.000000209. The van der Waals surface area contributed by atoms with Gasteiger partial charge in [-0.25, -0.2) is 85.0 Å². The molecule has 29 nitrogen and oxygen atoms in total. The van der Waals surface area contributed by atoms with Gasteiger partial charge in [0, 0.05) is 172 Å². The fraction of sp³-hybridized carbons (Fsp3) is 0.398. The number of anilines is 4. The fourth-order valence-corrected chi connectivity index (χ4v) is 16.3. The maximum atomic E-state index is 14.6. The minimum atomic E-state index is -1.89. The van der Waals surface area contributed by atoms with Crippen LogP contribution in [0.2, 0.25) is 20.1 Å². The molecule has 138 heavy (non-hydrogen) atoms. The number of ether oxygens (including phenoxy) is 7. The number of carbonyl (C=O) groups is 4. The van der Waals surface area contributed by atoms with E-state index in [1.807, 2.05) is 78.2 Å². The van der Waals surface area contributed by atoms with Gasteiger partial charge in [0.15, 0.2) is 23.1 Å². The number of rotatable bonds is 11. The number of aromatic nitrogens is 8. The standard InChI is InChI=1S/C24H25ClF2N4O3.C20H18ClF2N3O.C18H22BrClN4O3.C17H19BrClFN4O2.C6H5BF2O2.C4H8O.C3H3ClO.CH3O.Na/c1-24(2,3)34-23(32)31-9-7-30(8-10-31)22-16-12-17(25)19(15-6-5-14(26)11-18(15)27)21(33-4)20(16)28-13-29-22;1-27-19-17(13-6-5-12(22)9-16(13)23)15(21)10-14-18(19)24-11-25-20(14)26-7-3-2-4-8-26;1-18(2,3)27-17(25)24-7-5-23(6-8-24)16-11-9-12(20)13(19)15(26-4)14(11)21-10-22-16;1-17(2,3)26-16(25)24-6-4-23(5-7-24)15-10-8-11(19)12(18)13(20)14(10)21-9-22-15;8-4-1-2-5(7(10)11)6(9)3-4;1-2-4-5-3-1;1-2-3(4)5;1-2;/h5-6,11-13H,7-10H2,1-4H3;5-6,9-11H,2-4,7-8H2,1H3;9-10H,5-8H2,1-4H3;8-9H,4-7H2,1-3H3;1-3,10-11H;1-4H2;2H,1H2;1H3;/q;;;;;;;-1;+1. The predicted octanol–water partition coefficient (Wildman–Crippen LogP) is 16.2. The Morgan fingerprint density at radius 3 is 1.02 bits per heavy atom. The summed E-state index contributed by atoms with van der Waals surface area (Å²) in [5.74, 6) is -1.02. The van der Waals surface area contributed by atoms with Gasteiger partial charge in [-0.15, -0.1) is 0 Å². The summed E-state index contributed by atoms with van der Waals surface area (Å²) in [7, 11) is 3.36. The number of nitrogens with zero attached hydrogens (tertiary/aromatic N) is 15. The van der Waals surface area contributed by atoms with E-state index in [4.69, 9.17) is 106 Å². The molecule has 4 aromatic heterocycles. The Hall–Kier alpha value is -9.46. The van der Waals surface area contributed by atoms with Crippen molar-refractivity contribution in [1.29, 1.82) is 0 Å². The van der Waals surface area contributed by atoms with E-state index in [1.165, 1.54) is 77.0 Å². The number of methoxy groups -OCH3 is 3. The van der Waals surface area contributed by atoms with Crippen LogP contribution in [0.5, 0.6) is 17.2 Å². The number of amides is 3. The van der Waals surface area contributed by atoms with Gasteiger partial charge >= 0.3 is 55.0 Å². The molecular formula is C93H103BBr2Cl5F7N15NaO14. The summed E-state index contributed by atoms with van der Waals surface area (Å²) in [5, 5.41) is 28.8. The predicted molar refractivity (Wildman–Crippen MR) is 523 cm³/mol. The number of benzene rings is 7. The second kappa shape index (κ2) is 52.3. The molecule has 0 saturated carbocycles. The molecule has 736 valence electrons. The van der Waals surface area contributed by atoms with Crippen LogP contribution in [0, 0.1) is 40.7 Å². The molecule has 0 unspecified atom stereocenters. The van der Waals surface area contributed by atoms with Crippen LogP contribution in [0.4, 0.5) is 68.4 Å². The Morgan fingerprint density at radius 2 is 0.725 bits per heavy atom. The van der Waals surface area contributed by atoms with E-state index in [9.17, 15) is 49.9 Å². The van der Waals surface area contributed by atoms with Crippen molar-refractivity contribution in [2.45, 2.75) is 111 Å². The molecule has 0 atom stereocenters. The SMILES string of the molecule is C1CCOC1.C=CC(=O)Cl.CC(C)(C)OC(=O)N1CCN(c2ncnc3c(F)c(Br)c(Cl)cc23)CC1.COc1c(-c2ccc(F)cc2F)c(Cl)cc2c(N3CCCCC3)ncnc12.COc1c(-c2ccc(F)cc2F)c(Cl)cc2c(N3CCN(C(=O)OC(C)(C)C)CC3)ncnc12.COc1c(Br)c(Cl)cc2c(N3CCN(C(=O)OC(C)(C)C)CC3)ncnc12.C[O-].OB(O)c1ccc(F)cc1F.[Na+]. The summed E-state index contributed by atoms with van der Waals surface area (Å²) >= 11 is 36.8. The van der Waals surface area contributed by atoms with Gasteiger partial charge in [-0.1, -0.05) is 59.0 Å². The van der Waals surface area contributed by atoms with E-state index in [0.29, 0.717) is 155 Å². The van der Waals surface area contributed by atoms with E-state index in [-0.39, 0.29) is 95.8 Å². The number of halogens is 14. The third-order valence-electron chi connectivity index (χ3n) is 20.7. The van der Waals surface area contributed by atoms with Gasteiger partial charge < -0.3 is 82.6 Å². The minimum Gasteiger partial charge on any atom is -0.857 e. The molecule has 0 bridgehead atoms. The zero-order valence-corrected chi connectivity index (χ0v) is 87.3. The van der Waals surface area contributed by atoms with Crippen LogP contribution in [0.1, 0.15) is 94.4 Å². The molecule has 45 heteroatoms. The number of piperazine rings is 3. The molecule has 0 radical (unpaired) electrons. The van der Waals surface area contributed by atoms with Gasteiger partial charge in [-0.05, 0) is 199 Å². The van der Waals surface area contributed by atoms with Crippen molar-refractivity contribution in [3.63, 3.8) is 0 Å². The molecule has 2 N–H and O–H groups in total. The first-order valence-electron chi connectivity index (χ1n) is 42.9. The monoisotopic (exact) mass is 2150 g/mol. The molecule has 0 spiro atoms. The number of carbonyl (C=O) groups excluding carboxylic acids is 4. The summed E-state index contributed by atoms with van der Waals surface area (Å²) in [6, 6.07) is 16.1. The summed E-state index contributed by atoms with van der Waals surface area (Å²) in [6.07, 6.45) is 11.8. The Bertz CT molecular complexity index is 6080. The Labute approximate surface area is 858 Å². The van der Waals surface area contributed by atoms with Crippen molar-refractivity contribution in [2.24, 2.45) is 0 Å². The van der Waals surface area contributed by atoms with E-state index >= 15 is 0 Å². The van der Waals surface area contributed by atoms with Crippen molar-refractivity contribution in [3.8, 4) is 39.5 Å². The van der Waals surface area contributed by atoms with Crippen LogP contribution >= 0.6 is 89.9 Å². The molecule has 11 aromatic rings. The first-order chi connectivity index (χ1) is 64.9. The maximum absolute atomic E-state index is 14.6. The quantitative estimate of drug-likeness (QED) is 0.0303. The summed E-state index contributed by atoms with van der Waals surface area (Å²) in [5.41, 5.74) is 0.889. The van der Waals surface area contributed by atoms with Crippen LogP contribution in [0.3, 0.4) is 0 Å². The van der Waals surface area contributed by atoms with Gasteiger partial charge in [0.25, 0.3) is 0 Å². The number of hydrogen-bond donors (Lipinski definition) is 2. The average molecular weight is 2160 g/mol. The first-order valence-corrected chi connectivity index (χ1v) is 46.4. The van der Waals surface area contributed by atoms with E-state index in [2.05, 4.69) is 88.1 Å². The molecule has 5 fully saturated rings. The van der Waals surface area contributed by atoms with Gasteiger partial charge in [0.05, 0.1) is 50.4 Å². The Kier molecular flexibility index (Phi) is 43.2. The molecule has 16 rings (SSSR count).